The molecule has 13 heteroatoms. The van der Waals surface area contributed by atoms with Gasteiger partial charge in [0.05, 0.1) is 41.4 Å². The normalized spacial score (nSPS) is 11.4. The minimum atomic E-state index is -1.01. The Balaban J connectivity index is 0.000000189. The first kappa shape index (κ1) is 44.4. The molecule has 0 unspecified atom stereocenters. The van der Waals surface area contributed by atoms with Crippen LogP contribution in [0.5, 0.6) is 0 Å². The van der Waals surface area contributed by atoms with Gasteiger partial charge in [-0.05, 0) is 28.8 Å². The van der Waals surface area contributed by atoms with Gasteiger partial charge in [0.1, 0.15) is 18.5 Å². The van der Waals surface area contributed by atoms with Crippen molar-refractivity contribution in [1.29, 1.82) is 0 Å². The van der Waals surface area contributed by atoms with Crippen LogP contribution in [-0.4, -0.2) is 58.4 Å². The molecule has 0 aliphatic carbocycles. The molecule has 0 radical (unpaired) electrons. The Hall–Kier alpha value is -3.31. The number of imidazole rings is 3. The Morgan fingerprint density at radius 3 is 1.65 bits per heavy atom. The van der Waals surface area contributed by atoms with E-state index in [4.69, 9.17) is 9.47 Å². The number of nitrogens with one attached hydrogen (secondary N) is 1. The van der Waals surface area contributed by atoms with E-state index in [1.165, 1.54) is 28.8 Å². The van der Waals surface area contributed by atoms with E-state index in [-0.39, 0.29) is 0 Å². The van der Waals surface area contributed by atoms with Gasteiger partial charge >= 0.3 is 0 Å². The third kappa shape index (κ3) is 19.9. The van der Waals surface area contributed by atoms with E-state index in [0.29, 0.717) is 13.5 Å². The second kappa shape index (κ2) is 24.4. The molecular formula is C42H58N6O2S3Si2. The molecule has 0 aliphatic rings. The first-order valence-corrected chi connectivity index (χ1v) is 29.1. The number of hydrogen-bond acceptors (Lipinski definition) is 8. The maximum Gasteiger partial charge on any atom is 0.124 e. The second-order valence-electron chi connectivity index (χ2n) is 15.4. The molecule has 3 aromatic carbocycles. The lowest BCUT2D eigenvalue weighted by atomic mass is 10.2. The molecule has 1 N–H and O–H groups in total. The molecule has 0 saturated heterocycles. The minimum absolute atomic E-state index is 0.599. The maximum absolute atomic E-state index is 5.79. The van der Waals surface area contributed by atoms with Crippen LogP contribution in [0.3, 0.4) is 0 Å². The third-order valence-corrected chi connectivity index (χ3v) is 14.4. The lowest BCUT2D eigenvalue weighted by molar-refractivity contribution is 0.0819. The molecule has 3 aromatic heterocycles. The molecule has 0 spiro atoms. The Labute approximate surface area is 343 Å². The van der Waals surface area contributed by atoms with Gasteiger partial charge in [0, 0.05) is 52.8 Å². The van der Waals surface area contributed by atoms with Crippen LogP contribution in [0, 0.1) is 0 Å². The van der Waals surface area contributed by atoms with Crippen molar-refractivity contribution in [3.05, 3.63) is 145 Å². The van der Waals surface area contributed by atoms with Crippen molar-refractivity contribution in [3.8, 4) is 0 Å². The minimum Gasteiger partial charge on any atom is -0.361 e. The van der Waals surface area contributed by atoms with Crippen LogP contribution in [0.25, 0.3) is 0 Å². The fourth-order valence-corrected chi connectivity index (χ4v) is 8.67. The van der Waals surface area contributed by atoms with Gasteiger partial charge < -0.3 is 23.6 Å². The molecule has 55 heavy (non-hydrogen) atoms. The van der Waals surface area contributed by atoms with Gasteiger partial charge in [-0.1, -0.05) is 130 Å². The topological polar surface area (TPSA) is 82.8 Å². The highest BCUT2D eigenvalue weighted by atomic mass is 32.2. The highest BCUT2D eigenvalue weighted by Crippen LogP contribution is 2.23. The summed E-state index contributed by atoms with van der Waals surface area (Å²) in [5, 5.41) is 3.32. The fourth-order valence-electron chi connectivity index (χ4n) is 4.62. The van der Waals surface area contributed by atoms with E-state index in [2.05, 4.69) is 143 Å². The van der Waals surface area contributed by atoms with E-state index in [0.717, 1.165) is 45.6 Å². The van der Waals surface area contributed by atoms with Crippen molar-refractivity contribution in [3.63, 3.8) is 0 Å². The number of ether oxygens (including phenoxy) is 2. The molecule has 0 bridgehead atoms. The summed E-state index contributed by atoms with van der Waals surface area (Å²) in [6.07, 6.45) is 11.2. The molecule has 0 saturated carbocycles. The number of H-pyrrole nitrogens is 1. The molecular weight excluding hydrogens is 773 g/mol. The highest BCUT2D eigenvalue weighted by molar-refractivity contribution is 7.98. The van der Waals surface area contributed by atoms with Crippen LogP contribution in [0.1, 0.15) is 16.7 Å². The summed E-state index contributed by atoms with van der Waals surface area (Å²) in [4.78, 5) is 15.7. The molecule has 294 valence electrons. The van der Waals surface area contributed by atoms with Gasteiger partial charge in [0.25, 0.3) is 0 Å². The summed E-state index contributed by atoms with van der Waals surface area (Å²) in [6.45, 7) is 17.1. The number of aromatic amines is 1. The average molecular weight is 831 g/mol. The Morgan fingerprint density at radius 1 is 0.600 bits per heavy atom. The van der Waals surface area contributed by atoms with Crippen LogP contribution in [0.2, 0.25) is 51.4 Å². The summed E-state index contributed by atoms with van der Waals surface area (Å²) in [5.41, 5.74) is 3.99. The predicted molar refractivity (Wildman–Crippen MR) is 239 cm³/mol. The summed E-state index contributed by atoms with van der Waals surface area (Å²) in [6, 6.07) is 33.8. The first-order chi connectivity index (χ1) is 26.5. The Kier molecular flexibility index (Phi) is 19.7. The van der Waals surface area contributed by atoms with E-state index < -0.39 is 16.1 Å². The van der Waals surface area contributed by atoms with Gasteiger partial charge in [-0.2, -0.15) is 0 Å². The summed E-state index contributed by atoms with van der Waals surface area (Å²) in [5.74, 6) is 2.90. The van der Waals surface area contributed by atoms with Gasteiger partial charge in [-0.3, -0.25) is 0 Å². The zero-order valence-electron chi connectivity index (χ0n) is 33.3. The lowest BCUT2D eigenvalue weighted by Crippen LogP contribution is -2.22. The standard InChI is InChI=1S/2C16H24N2OSSi.C10H10N2S/c1-21(2,3)10-9-19-14-18-11-16(17-13-18)20-12-15-7-5-4-6-8-15;1-21(2,3)10-9-19-14-18-13-17-11-16(18)20-12-15-7-5-4-6-8-15;1-2-4-9(5-3-1)7-13-10-6-11-8-12-10/h2*4-8,11,13H,9-10,12,14H2,1-3H3;1-6,8H,7H2,(H,11,12). The SMILES string of the molecule is C[Si](C)(C)CCOCn1cnc(SCc2ccccc2)c1.C[Si](C)(C)CCOCn1cncc1SCc1ccccc1.c1ccc(CSc2cnc[nH]2)cc1. The first-order valence-electron chi connectivity index (χ1n) is 18.7. The molecule has 0 aliphatic heterocycles. The number of benzene rings is 3. The molecule has 6 aromatic rings. The van der Waals surface area contributed by atoms with Gasteiger partial charge in [0.15, 0.2) is 0 Å². The largest absolute Gasteiger partial charge is 0.361 e. The highest BCUT2D eigenvalue weighted by Gasteiger charge is 2.13. The van der Waals surface area contributed by atoms with Crippen molar-refractivity contribution in [2.75, 3.05) is 13.2 Å². The Morgan fingerprint density at radius 2 is 1.13 bits per heavy atom. The molecule has 0 amide bonds. The number of thioether (sulfide) groups is 3. The van der Waals surface area contributed by atoms with Crippen LogP contribution in [0.4, 0.5) is 0 Å². The summed E-state index contributed by atoms with van der Waals surface area (Å²) >= 11 is 5.32. The van der Waals surface area contributed by atoms with Crippen molar-refractivity contribution < 1.29 is 9.47 Å². The zero-order valence-corrected chi connectivity index (χ0v) is 37.7. The van der Waals surface area contributed by atoms with Gasteiger partial charge in [0.2, 0.25) is 0 Å². The smallest absolute Gasteiger partial charge is 0.124 e. The fraction of sp³-hybridized carbons (Fsp3) is 0.357. The predicted octanol–water partition coefficient (Wildman–Crippen LogP) is 11.7. The molecule has 6 rings (SSSR count). The summed E-state index contributed by atoms with van der Waals surface area (Å²) < 4.78 is 15.6. The monoisotopic (exact) mass is 830 g/mol. The van der Waals surface area contributed by atoms with Crippen LogP contribution >= 0.6 is 35.3 Å². The number of nitrogens with zero attached hydrogens (tertiary/aromatic N) is 5. The quantitative estimate of drug-likeness (QED) is 0.0491. The molecule has 0 atom stereocenters. The molecule has 0 fully saturated rings. The second-order valence-corrected chi connectivity index (χ2v) is 29.6. The van der Waals surface area contributed by atoms with E-state index in [9.17, 15) is 0 Å². The number of aromatic nitrogens is 6. The lowest BCUT2D eigenvalue weighted by Gasteiger charge is -2.16. The van der Waals surface area contributed by atoms with Crippen LogP contribution in [-0.2, 0) is 40.2 Å². The number of hydrogen-bond donors (Lipinski definition) is 1. The van der Waals surface area contributed by atoms with E-state index in [1.54, 1.807) is 41.6 Å². The van der Waals surface area contributed by atoms with Crippen molar-refractivity contribution in [2.24, 2.45) is 0 Å². The molecule has 8 nitrogen and oxygen atoms in total. The van der Waals surface area contributed by atoms with E-state index in [1.807, 2.05) is 47.8 Å². The Bertz CT molecular complexity index is 1850. The van der Waals surface area contributed by atoms with Crippen molar-refractivity contribution >= 4 is 51.4 Å². The zero-order chi connectivity index (χ0) is 39.2. The van der Waals surface area contributed by atoms with Gasteiger partial charge in [-0.25, -0.2) is 15.0 Å². The van der Waals surface area contributed by atoms with Crippen molar-refractivity contribution in [2.45, 2.75) is 97.2 Å². The van der Waals surface area contributed by atoms with Crippen molar-refractivity contribution in [1.82, 2.24) is 29.1 Å². The summed E-state index contributed by atoms with van der Waals surface area (Å²) in [7, 11) is -2.00. The van der Waals surface area contributed by atoms with Crippen LogP contribution in [0.15, 0.2) is 144 Å². The average Bonchev–Trinajstić information content (AvgIpc) is 3.97. The third-order valence-electron chi connectivity index (χ3n) is 7.92. The maximum atomic E-state index is 5.79. The molecule has 3 heterocycles. The van der Waals surface area contributed by atoms with E-state index >= 15 is 0 Å². The van der Waals surface area contributed by atoms with Gasteiger partial charge in [-0.15, -0.1) is 35.3 Å². The number of rotatable bonds is 19. The van der Waals surface area contributed by atoms with Crippen LogP contribution < -0.4 is 0 Å².